The molecule has 0 atom stereocenters. The van der Waals surface area contributed by atoms with Crippen LogP contribution in [0.3, 0.4) is 0 Å². The molecule has 0 bridgehead atoms. The number of nitro groups is 1. The van der Waals surface area contributed by atoms with Crippen LogP contribution >= 0.6 is 23.2 Å². The number of nitrogens with one attached hydrogen (secondary N) is 1. The van der Waals surface area contributed by atoms with Gasteiger partial charge >= 0.3 is 0 Å². The first kappa shape index (κ1) is 15.5. The van der Waals surface area contributed by atoms with E-state index in [-0.39, 0.29) is 6.54 Å². The predicted octanol–water partition coefficient (Wildman–Crippen LogP) is 4.37. The van der Waals surface area contributed by atoms with E-state index in [0.717, 1.165) is 17.3 Å². The molecule has 0 spiro atoms. The number of hydrogen-bond acceptors (Lipinski definition) is 4. The van der Waals surface area contributed by atoms with Crippen LogP contribution in [0.25, 0.3) is 0 Å². The molecule has 2 aromatic rings. The summed E-state index contributed by atoms with van der Waals surface area (Å²) in [6, 6.07) is 12.6. The van der Waals surface area contributed by atoms with E-state index in [1.807, 2.05) is 18.2 Å². The second-order valence-electron chi connectivity index (χ2n) is 4.90. The van der Waals surface area contributed by atoms with E-state index in [0.29, 0.717) is 27.1 Å². The van der Waals surface area contributed by atoms with Gasteiger partial charge in [0.2, 0.25) is 0 Å². The Morgan fingerprint density at radius 2 is 1.96 bits per heavy atom. The van der Waals surface area contributed by atoms with Gasteiger partial charge in [-0.05, 0) is 24.3 Å². The maximum atomic E-state index is 10.7. The summed E-state index contributed by atoms with van der Waals surface area (Å²) in [5, 5.41) is 14.9. The number of hydrogen-bond donors (Lipinski definition) is 1. The quantitative estimate of drug-likeness (QED) is 0.647. The molecule has 0 aliphatic carbocycles. The van der Waals surface area contributed by atoms with Crippen LogP contribution in [0.4, 0.5) is 5.69 Å². The first-order chi connectivity index (χ1) is 11.0. The summed E-state index contributed by atoms with van der Waals surface area (Å²) in [4.78, 5) is 14.8. The summed E-state index contributed by atoms with van der Waals surface area (Å²) < 4.78 is 0. The van der Waals surface area contributed by atoms with Crippen LogP contribution in [0.2, 0.25) is 10.0 Å². The standard InChI is InChI=1S/C16H11Cl2N3O2/c17-10-5-6-15-13(7-10)16(12-3-1-2-4-14(12)18)19-8-11(20-15)9-21(22)23/h1-7,9,20H,8H2. The first-order valence-electron chi connectivity index (χ1n) is 6.75. The third kappa shape index (κ3) is 3.36. The Kier molecular flexibility index (Phi) is 4.32. The molecule has 5 nitrogen and oxygen atoms in total. The molecule has 0 amide bonds. The lowest BCUT2D eigenvalue weighted by Gasteiger charge is -2.12. The summed E-state index contributed by atoms with van der Waals surface area (Å²) >= 11 is 12.4. The highest BCUT2D eigenvalue weighted by atomic mass is 35.5. The minimum absolute atomic E-state index is 0.147. The Bertz CT molecular complexity index is 847. The molecule has 1 aliphatic heterocycles. The molecule has 7 heteroatoms. The topological polar surface area (TPSA) is 67.5 Å². The SMILES string of the molecule is O=[N+]([O-])C=C1CN=C(c2ccccc2Cl)c2cc(Cl)ccc2N1. The average molecular weight is 348 g/mol. The molecule has 0 aromatic heterocycles. The van der Waals surface area contributed by atoms with E-state index in [1.54, 1.807) is 24.3 Å². The Morgan fingerprint density at radius 1 is 1.17 bits per heavy atom. The van der Waals surface area contributed by atoms with Crippen LogP contribution in [0.5, 0.6) is 0 Å². The lowest BCUT2D eigenvalue weighted by Crippen LogP contribution is -2.06. The smallest absolute Gasteiger partial charge is 0.255 e. The monoisotopic (exact) mass is 347 g/mol. The summed E-state index contributed by atoms with van der Waals surface area (Å²) in [7, 11) is 0. The van der Waals surface area contributed by atoms with E-state index in [2.05, 4.69) is 10.3 Å². The molecule has 3 rings (SSSR count). The van der Waals surface area contributed by atoms with Gasteiger partial charge in [-0.2, -0.15) is 0 Å². The van der Waals surface area contributed by atoms with Gasteiger partial charge in [0, 0.05) is 26.9 Å². The molecule has 0 radical (unpaired) electrons. The number of benzene rings is 2. The van der Waals surface area contributed by atoms with Crippen molar-refractivity contribution in [2.24, 2.45) is 4.99 Å². The zero-order valence-corrected chi connectivity index (χ0v) is 13.3. The van der Waals surface area contributed by atoms with Crippen molar-refractivity contribution < 1.29 is 4.92 Å². The van der Waals surface area contributed by atoms with Crippen molar-refractivity contribution in [1.29, 1.82) is 0 Å². The Balaban J connectivity index is 2.19. The lowest BCUT2D eigenvalue weighted by atomic mass is 10.0. The summed E-state index contributed by atoms with van der Waals surface area (Å²) in [6.45, 7) is 0.147. The van der Waals surface area contributed by atoms with Gasteiger partial charge in [-0.3, -0.25) is 15.1 Å². The van der Waals surface area contributed by atoms with Crippen molar-refractivity contribution in [3.8, 4) is 0 Å². The van der Waals surface area contributed by atoms with Crippen LogP contribution in [0.15, 0.2) is 59.4 Å². The van der Waals surface area contributed by atoms with Crippen LogP contribution < -0.4 is 5.32 Å². The number of fused-ring (bicyclic) bond motifs is 1. The van der Waals surface area contributed by atoms with E-state index >= 15 is 0 Å². The molecule has 1 aliphatic rings. The lowest BCUT2D eigenvalue weighted by molar-refractivity contribution is -0.403. The van der Waals surface area contributed by atoms with Crippen molar-refractivity contribution in [1.82, 2.24) is 0 Å². The summed E-state index contributed by atoms with van der Waals surface area (Å²) in [5.41, 5.74) is 3.23. The van der Waals surface area contributed by atoms with Crippen molar-refractivity contribution in [2.45, 2.75) is 0 Å². The Morgan fingerprint density at radius 3 is 2.70 bits per heavy atom. The zero-order chi connectivity index (χ0) is 16.4. The normalized spacial score (nSPS) is 15.4. The fourth-order valence-corrected chi connectivity index (χ4v) is 2.76. The summed E-state index contributed by atoms with van der Waals surface area (Å²) in [5.74, 6) is 0. The van der Waals surface area contributed by atoms with Gasteiger partial charge in [0.15, 0.2) is 0 Å². The van der Waals surface area contributed by atoms with Crippen LogP contribution in [-0.2, 0) is 0 Å². The van der Waals surface area contributed by atoms with Gasteiger partial charge in [0.05, 0.1) is 17.2 Å². The largest absolute Gasteiger partial charge is 0.352 e. The molecule has 0 fully saturated rings. The van der Waals surface area contributed by atoms with Crippen molar-refractivity contribution in [3.63, 3.8) is 0 Å². The molecular formula is C16H11Cl2N3O2. The molecule has 116 valence electrons. The third-order valence-electron chi connectivity index (χ3n) is 3.33. The molecule has 0 saturated carbocycles. The number of aliphatic imine (C=N–C) groups is 1. The molecule has 2 aromatic carbocycles. The van der Waals surface area contributed by atoms with E-state index in [4.69, 9.17) is 23.2 Å². The maximum Gasteiger partial charge on any atom is 0.255 e. The average Bonchev–Trinajstić information content (AvgIpc) is 2.66. The molecular weight excluding hydrogens is 337 g/mol. The van der Waals surface area contributed by atoms with Gasteiger partial charge in [-0.15, -0.1) is 0 Å². The van der Waals surface area contributed by atoms with Crippen LogP contribution in [-0.4, -0.2) is 17.2 Å². The molecule has 1 N–H and O–H groups in total. The minimum atomic E-state index is -0.506. The maximum absolute atomic E-state index is 10.7. The highest BCUT2D eigenvalue weighted by Crippen LogP contribution is 2.30. The van der Waals surface area contributed by atoms with E-state index in [9.17, 15) is 10.1 Å². The second kappa shape index (κ2) is 6.40. The zero-order valence-electron chi connectivity index (χ0n) is 11.8. The highest BCUT2D eigenvalue weighted by Gasteiger charge is 2.19. The number of benzodiazepines with no additional fused rings is 1. The fourth-order valence-electron chi connectivity index (χ4n) is 2.37. The van der Waals surface area contributed by atoms with E-state index in [1.165, 1.54) is 0 Å². The number of anilines is 1. The van der Waals surface area contributed by atoms with Gasteiger partial charge in [-0.1, -0.05) is 41.4 Å². The Labute approximate surface area is 142 Å². The first-order valence-corrected chi connectivity index (χ1v) is 7.50. The van der Waals surface area contributed by atoms with Crippen LogP contribution in [0, 0.1) is 10.1 Å². The predicted molar refractivity (Wildman–Crippen MR) is 92.1 cm³/mol. The molecule has 23 heavy (non-hydrogen) atoms. The highest BCUT2D eigenvalue weighted by molar-refractivity contribution is 6.36. The minimum Gasteiger partial charge on any atom is -0.352 e. The van der Waals surface area contributed by atoms with Gasteiger partial charge in [0.1, 0.15) is 5.70 Å². The second-order valence-corrected chi connectivity index (χ2v) is 5.74. The number of nitrogens with zero attached hydrogens (tertiary/aromatic N) is 2. The van der Waals surface area contributed by atoms with E-state index < -0.39 is 4.92 Å². The number of halogens is 2. The third-order valence-corrected chi connectivity index (χ3v) is 3.89. The van der Waals surface area contributed by atoms with Gasteiger partial charge in [-0.25, -0.2) is 0 Å². The van der Waals surface area contributed by atoms with Crippen LogP contribution in [0.1, 0.15) is 11.1 Å². The number of rotatable bonds is 2. The fraction of sp³-hybridized carbons (Fsp3) is 0.0625. The van der Waals surface area contributed by atoms with Crippen molar-refractivity contribution in [2.75, 3.05) is 11.9 Å². The molecule has 1 heterocycles. The Hall–Kier alpha value is -2.37. The van der Waals surface area contributed by atoms with Gasteiger partial charge < -0.3 is 5.32 Å². The van der Waals surface area contributed by atoms with Crippen molar-refractivity contribution in [3.05, 3.63) is 85.6 Å². The van der Waals surface area contributed by atoms with Gasteiger partial charge in [0.25, 0.3) is 6.20 Å². The van der Waals surface area contributed by atoms with Crippen molar-refractivity contribution >= 4 is 34.6 Å². The molecule has 0 unspecified atom stereocenters. The molecule has 0 saturated heterocycles. The summed E-state index contributed by atoms with van der Waals surface area (Å²) in [6.07, 6.45) is 0.914.